The van der Waals surface area contributed by atoms with Crippen LogP contribution in [-0.4, -0.2) is 42.9 Å². The van der Waals surface area contributed by atoms with E-state index < -0.39 is 0 Å². The SMILES string of the molecule is Fc1ccnc(Nc2nccc(C3CCN(Cc4ncc[nH]4)C3)n2)c1. The zero-order valence-electron chi connectivity index (χ0n) is 13.6. The summed E-state index contributed by atoms with van der Waals surface area (Å²) >= 11 is 0. The summed E-state index contributed by atoms with van der Waals surface area (Å²) in [5, 5.41) is 2.95. The third-order valence-electron chi connectivity index (χ3n) is 4.26. The van der Waals surface area contributed by atoms with Gasteiger partial charge in [-0.1, -0.05) is 0 Å². The van der Waals surface area contributed by atoms with Gasteiger partial charge in [-0.25, -0.2) is 24.3 Å². The molecule has 1 fully saturated rings. The molecule has 7 nitrogen and oxygen atoms in total. The number of hydrogen-bond donors (Lipinski definition) is 2. The van der Waals surface area contributed by atoms with Crippen molar-refractivity contribution in [1.82, 2.24) is 29.8 Å². The third kappa shape index (κ3) is 3.80. The van der Waals surface area contributed by atoms with Gasteiger partial charge in [0.05, 0.1) is 12.2 Å². The first-order chi connectivity index (χ1) is 12.3. The molecule has 3 aromatic heterocycles. The first-order valence-corrected chi connectivity index (χ1v) is 8.18. The normalized spacial score (nSPS) is 17.7. The van der Waals surface area contributed by atoms with Gasteiger partial charge in [0.25, 0.3) is 0 Å². The van der Waals surface area contributed by atoms with Gasteiger partial charge in [-0.3, -0.25) is 4.90 Å². The number of pyridine rings is 1. The van der Waals surface area contributed by atoms with Gasteiger partial charge >= 0.3 is 0 Å². The summed E-state index contributed by atoms with van der Waals surface area (Å²) in [5.41, 5.74) is 0.982. The van der Waals surface area contributed by atoms with Crippen LogP contribution in [0, 0.1) is 5.82 Å². The van der Waals surface area contributed by atoms with Gasteiger partial charge in [-0.2, -0.15) is 0 Å². The summed E-state index contributed by atoms with van der Waals surface area (Å²) in [6.45, 7) is 2.74. The number of aromatic amines is 1. The molecule has 0 aromatic carbocycles. The van der Waals surface area contributed by atoms with Crippen molar-refractivity contribution < 1.29 is 4.39 Å². The Bertz CT molecular complexity index is 837. The van der Waals surface area contributed by atoms with E-state index in [2.05, 4.69) is 35.1 Å². The van der Waals surface area contributed by atoms with Crippen LogP contribution in [-0.2, 0) is 6.54 Å². The molecule has 25 heavy (non-hydrogen) atoms. The molecule has 0 amide bonds. The summed E-state index contributed by atoms with van der Waals surface area (Å²) in [6, 6.07) is 4.55. The monoisotopic (exact) mass is 339 g/mol. The second-order valence-corrected chi connectivity index (χ2v) is 6.05. The Hall–Kier alpha value is -2.87. The molecule has 1 atom stereocenters. The summed E-state index contributed by atoms with van der Waals surface area (Å²) in [5.74, 6) is 1.79. The van der Waals surface area contributed by atoms with Crippen LogP contribution in [0.25, 0.3) is 0 Å². The molecule has 1 unspecified atom stereocenters. The molecule has 3 aromatic rings. The highest BCUT2D eigenvalue weighted by molar-refractivity contribution is 5.47. The van der Waals surface area contributed by atoms with Gasteiger partial charge in [0.2, 0.25) is 5.95 Å². The molecule has 2 N–H and O–H groups in total. The number of halogens is 1. The molecule has 0 saturated carbocycles. The Balaban J connectivity index is 1.43. The lowest BCUT2D eigenvalue weighted by molar-refractivity contribution is 0.318. The Morgan fingerprint density at radius 1 is 1.20 bits per heavy atom. The molecule has 1 saturated heterocycles. The molecule has 4 rings (SSSR count). The second kappa shape index (κ2) is 6.94. The number of likely N-dealkylation sites (tertiary alicyclic amines) is 1. The average Bonchev–Trinajstić information content (AvgIpc) is 3.28. The van der Waals surface area contributed by atoms with E-state index in [1.54, 1.807) is 12.4 Å². The Labute approximate surface area is 144 Å². The van der Waals surface area contributed by atoms with E-state index in [0.717, 1.165) is 37.6 Å². The van der Waals surface area contributed by atoms with E-state index in [4.69, 9.17) is 0 Å². The maximum Gasteiger partial charge on any atom is 0.228 e. The molecular formula is C17H18FN7. The maximum atomic E-state index is 13.3. The molecule has 0 aliphatic carbocycles. The number of rotatable bonds is 5. The van der Waals surface area contributed by atoms with Crippen molar-refractivity contribution in [1.29, 1.82) is 0 Å². The van der Waals surface area contributed by atoms with Crippen molar-refractivity contribution in [2.75, 3.05) is 18.4 Å². The van der Waals surface area contributed by atoms with Crippen LogP contribution >= 0.6 is 0 Å². The van der Waals surface area contributed by atoms with Crippen molar-refractivity contribution in [2.45, 2.75) is 18.9 Å². The fraction of sp³-hybridized carbons (Fsp3) is 0.294. The number of H-pyrrole nitrogens is 1. The lowest BCUT2D eigenvalue weighted by atomic mass is 10.1. The van der Waals surface area contributed by atoms with Crippen LogP contribution in [0.3, 0.4) is 0 Å². The van der Waals surface area contributed by atoms with Crippen LogP contribution in [0.15, 0.2) is 43.0 Å². The molecule has 0 bridgehead atoms. The standard InChI is InChI=1S/C17H18FN7/c18-13-1-4-19-15(9-13)24-17-22-5-2-14(23-17)12-3-8-25(10-12)11-16-20-6-7-21-16/h1-2,4-7,9,12H,3,8,10-11H2,(H,20,21)(H,19,22,23,24). The third-order valence-corrected chi connectivity index (χ3v) is 4.26. The molecule has 4 heterocycles. The molecule has 0 radical (unpaired) electrons. The Kier molecular flexibility index (Phi) is 4.34. The Morgan fingerprint density at radius 3 is 2.96 bits per heavy atom. The van der Waals surface area contributed by atoms with E-state index in [1.165, 1.54) is 18.3 Å². The van der Waals surface area contributed by atoms with Crippen LogP contribution in [0.2, 0.25) is 0 Å². The number of anilines is 2. The largest absolute Gasteiger partial charge is 0.348 e. The number of nitrogens with one attached hydrogen (secondary N) is 2. The van der Waals surface area contributed by atoms with E-state index in [9.17, 15) is 4.39 Å². The zero-order chi connectivity index (χ0) is 17.1. The summed E-state index contributed by atoms with van der Waals surface area (Å²) in [6.07, 6.45) is 7.77. The first-order valence-electron chi connectivity index (χ1n) is 8.18. The van der Waals surface area contributed by atoms with Gasteiger partial charge in [0, 0.05) is 43.3 Å². The van der Waals surface area contributed by atoms with Gasteiger partial charge in [-0.15, -0.1) is 0 Å². The summed E-state index contributed by atoms with van der Waals surface area (Å²) in [4.78, 5) is 22.6. The molecule has 1 aliphatic heterocycles. The molecule has 1 aliphatic rings. The lowest BCUT2D eigenvalue weighted by Gasteiger charge is -2.14. The second-order valence-electron chi connectivity index (χ2n) is 6.05. The molecular weight excluding hydrogens is 321 g/mol. The minimum atomic E-state index is -0.349. The topological polar surface area (TPSA) is 82.6 Å². The lowest BCUT2D eigenvalue weighted by Crippen LogP contribution is -2.20. The van der Waals surface area contributed by atoms with E-state index in [-0.39, 0.29) is 5.82 Å². The minimum absolute atomic E-state index is 0.346. The molecule has 0 spiro atoms. The maximum absolute atomic E-state index is 13.3. The molecule has 8 heteroatoms. The van der Waals surface area contributed by atoms with Crippen molar-refractivity contribution in [2.24, 2.45) is 0 Å². The summed E-state index contributed by atoms with van der Waals surface area (Å²) < 4.78 is 13.3. The van der Waals surface area contributed by atoms with E-state index in [1.807, 2.05) is 12.3 Å². The van der Waals surface area contributed by atoms with Crippen LogP contribution in [0.5, 0.6) is 0 Å². The first kappa shape index (κ1) is 15.6. The van der Waals surface area contributed by atoms with Crippen molar-refractivity contribution in [3.05, 3.63) is 60.3 Å². The van der Waals surface area contributed by atoms with Crippen molar-refractivity contribution in [3.8, 4) is 0 Å². The fourth-order valence-electron chi connectivity index (χ4n) is 3.06. The predicted molar refractivity (Wildman–Crippen MR) is 90.7 cm³/mol. The van der Waals surface area contributed by atoms with Gasteiger partial charge in [0.15, 0.2) is 0 Å². The number of nitrogens with zero attached hydrogens (tertiary/aromatic N) is 5. The highest BCUT2D eigenvalue weighted by Crippen LogP contribution is 2.27. The van der Waals surface area contributed by atoms with Gasteiger partial charge in [-0.05, 0) is 25.1 Å². The predicted octanol–water partition coefficient (Wildman–Crippen LogP) is 2.47. The van der Waals surface area contributed by atoms with Crippen molar-refractivity contribution >= 4 is 11.8 Å². The minimum Gasteiger partial charge on any atom is -0.348 e. The smallest absolute Gasteiger partial charge is 0.228 e. The number of hydrogen-bond acceptors (Lipinski definition) is 6. The fourth-order valence-corrected chi connectivity index (χ4v) is 3.06. The van der Waals surface area contributed by atoms with E-state index >= 15 is 0 Å². The highest BCUT2D eigenvalue weighted by atomic mass is 19.1. The molecule has 128 valence electrons. The summed E-state index contributed by atoms with van der Waals surface area (Å²) in [7, 11) is 0. The zero-order valence-corrected chi connectivity index (χ0v) is 13.6. The number of aromatic nitrogens is 5. The quantitative estimate of drug-likeness (QED) is 0.743. The number of imidazole rings is 1. The Morgan fingerprint density at radius 2 is 2.12 bits per heavy atom. The van der Waals surface area contributed by atoms with E-state index in [0.29, 0.717) is 17.7 Å². The van der Waals surface area contributed by atoms with Crippen LogP contribution in [0.1, 0.15) is 23.9 Å². The highest BCUT2D eigenvalue weighted by Gasteiger charge is 2.25. The van der Waals surface area contributed by atoms with Gasteiger partial charge in [0.1, 0.15) is 17.5 Å². The van der Waals surface area contributed by atoms with Crippen LogP contribution in [0.4, 0.5) is 16.2 Å². The van der Waals surface area contributed by atoms with Crippen LogP contribution < -0.4 is 5.32 Å². The average molecular weight is 339 g/mol. The van der Waals surface area contributed by atoms with Crippen molar-refractivity contribution in [3.63, 3.8) is 0 Å². The van der Waals surface area contributed by atoms with Gasteiger partial charge < -0.3 is 10.3 Å².